The summed E-state index contributed by atoms with van der Waals surface area (Å²) in [6.45, 7) is 10.9. The Labute approximate surface area is 295 Å². The van der Waals surface area contributed by atoms with Gasteiger partial charge in [-0.2, -0.15) is 0 Å². The molecule has 8 nitrogen and oxygen atoms in total. The smallest absolute Gasteiger partial charge is 0.330 e. The fraction of sp³-hybridized carbons (Fsp3) is 0.850. The summed E-state index contributed by atoms with van der Waals surface area (Å²) in [5, 5.41) is 0. The second kappa shape index (κ2) is 39.2. The number of unbranched alkanes of at least 4 members (excludes halogenated alkanes) is 22. The highest BCUT2D eigenvalue weighted by Gasteiger charge is 2.18. The van der Waals surface area contributed by atoms with Gasteiger partial charge in [0.15, 0.2) is 0 Å². The van der Waals surface area contributed by atoms with E-state index in [0.29, 0.717) is 13.2 Å². The summed E-state index contributed by atoms with van der Waals surface area (Å²) >= 11 is 0. The number of rotatable bonds is 33. The lowest BCUT2D eigenvalue weighted by molar-refractivity contribution is -0.159. The van der Waals surface area contributed by atoms with E-state index >= 15 is 0 Å². The number of hydrogen-bond acceptors (Lipinski definition) is 8. The zero-order valence-corrected chi connectivity index (χ0v) is 31.5. The van der Waals surface area contributed by atoms with Crippen LogP contribution in [0.3, 0.4) is 0 Å². The molecule has 0 aliphatic heterocycles. The molecule has 282 valence electrons. The van der Waals surface area contributed by atoms with Gasteiger partial charge in [-0.1, -0.05) is 169 Å². The van der Waals surface area contributed by atoms with Crippen molar-refractivity contribution in [1.29, 1.82) is 0 Å². The Bertz CT molecular complexity index is 771. The van der Waals surface area contributed by atoms with Crippen LogP contribution in [0.5, 0.6) is 0 Å². The standard InChI is InChI=1S/C25H47NO5.C15H28O2/c1-3-5-7-9-11-12-13-14-16-18-23(27)31-24(28)20-19-22(26)25(29)30-21-17-15-10-8-6-4-2;1-3-5-6-7-8-9-10-11-12-13-14-17-15(16)4-2/h22H,3-21,26H2,1-2H3;4H,2-3,5-14H2,1H3. The van der Waals surface area contributed by atoms with Crippen LogP contribution in [-0.2, 0) is 33.4 Å². The SMILES string of the molecule is C=CC(=O)OCCCCCCCCCCCC.CCCCCCCCCCCC(=O)OC(=O)CCC(N)C(=O)OCCCCCCCC. The monoisotopic (exact) mass is 682 g/mol. The lowest BCUT2D eigenvalue weighted by Crippen LogP contribution is -2.33. The van der Waals surface area contributed by atoms with Gasteiger partial charge in [0.05, 0.1) is 13.2 Å². The molecule has 0 aliphatic rings. The number of hydrogen-bond donors (Lipinski definition) is 1. The van der Waals surface area contributed by atoms with E-state index in [2.05, 4.69) is 27.4 Å². The molecule has 8 heteroatoms. The van der Waals surface area contributed by atoms with E-state index in [9.17, 15) is 19.2 Å². The van der Waals surface area contributed by atoms with Crippen LogP contribution in [0.25, 0.3) is 0 Å². The molecule has 0 fully saturated rings. The topological polar surface area (TPSA) is 122 Å². The molecule has 0 spiro atoms. The Balaban J connectivity index is 0. The van der Waals surface area contributed by atoms with Crippen molar-refractivity contribution in [3.05, 3.63) is 12.7 Å². The average Bonchev–Trinajstić information content (AvgIpc) is 3.08. The zero-order chi connectivity index (χ0) is 35.9. The molecular weight excluding hydrogens is 606 g/mol. The maximum absolute atomic E-state index is 11.8. The first-order valence-corrected chi connectivity index (χ1v) is 19.8. The lowest BCUT2D eigenvalue weighted by atomic mass is 10.1. The summed E-state index contributed by atoms with van der Waals surface area (Å²) in [6.07, 6.45) is 31.6. The molecule has 0 radical (unpaired) electrons. The summed E-state index contributed by atoms with van der Waals surface area (Å²) in [6, 6.07) is -0.861. The van der Waals surface area contributed by atoms with E-state index < -0.39 is 23.9 Å². The van der Waals surface area contributed by atoms with Gasteiger partial charge >= 0.3 is 23.9 Å². The third kappa shape index (κ3) is 38.2. The van der Waals surface area contributed by atoms with Crippen molar-refractivity contribution in [3.63, 3.8) is 0 Å². The number of nitrogens with two attached hydrogens (primary N) is 1. The van der Waals surface area contributed by atoms with Crippen molar-refractivity contribution >= 4 is 23.9 Å². The molecule has 0 heterocycles. The predicted octanol–water partition coefficient (Wildman–Crippen LogP) is 10.6. The van der Waals surface area contributed by atoms with Gasteiger partial charge < -0.3 is 19.9 Å². The molecule has 2 N–H and O–H groups in total. The molecule has 0 bridgehead atoms. The first-order valence-electron chi connectivity index (χ1n) is 19.8. The lowest BCUT2D eigenvalue weighted by Gasteiger charge is -2.11. The molecule has 1 unspecified atom stereocenters. The van der Waals surface area contributed by atoms with Crippen LogP contribution in [0, 0.1) is 0 Å². The molecule has 0 saturated heterocycles. The third-order valence-corrected chi connectivity index (χ3v) is 8.33. The molecule has 0 aliphatic carbocycles. The van der Waals surface area contributed by atoms with Crippen LogP contribution in [0.15, 0.2) is 12.7 Å². The minimum Gasteiger partial charge on any atom is -0.465 e. The van der Waals surface area contributed by atoms with Crippen LogP contribution < -0.4 is 5.73 Å². The summed E-state index contributed by atoms with van der Waals surface area (Å²) < 4.78 is 14.9. The van der Waals surface area contributed by atoms with Gasteiger partial charge in [-0.05, 0) is 25.7 Å². The fourth-order valence-corrected chi connectivity index (χ4v) is 5.18. The zero-order valence-electron chi connectivity index (χ0n) is 31.5. The minimum atomic E-state index is -0.861. The van der Waals surface area contributed by atoms with Gasteiger partial charge in [-0.15, -0.1) is 0 Å². The summed E-state index contributed by atoms with van der Waals surface area (Å²) in [4.78, 5) is 46.1. The van der Waals surface area contributed by atoms with Crippen molar-refractivity contribution in [3.8, 4) is 0 Å². The minimum absolute atomic E-state index is 0.0587. The largest absolute Gasteiger partial charge is 0.465 e. The number of esters is 4. The molecule has 0 aromatic heterocycles. The number of ether oxygens (including phenoxy) is 3. The van der Waals surface area contributed by atoms with Crippen LogP contribution in [-0.4, -0.2) is 43.1 Å². The van der Waals surface area contributed by atoms with Gasteiger partial charge in [0.25, 0.3) is 0 Å². The molecule has 48 heavy (non-hydrogen) atoms. The first kappa shape index (κ1) is 47.9. The summed E-state index contributed by atoms with van der Waals surface area (Å²) in [5.41, 5.74) is 5.77. The second-order valence-corrected chi connectivity index (χ2v) is 13.1. The average molecular weight is 682 g/mol. The Hall–Kier alpha value is -2.22. The van der Waals surface area contributed by atoms with Gasteiger partial charge in [-0.25, -0.2) is 4.79 Å². The van der Waals surface area contributed by atoms with Gasteiger partial charge in [-0.3, -0.25) is 14.4 Å². The van der Waals surface area contributed by atoms with Crippen LogP contribution in [0.4, 0.5) is 0 Å². The molecule has 0 aromatic rings. The maximum atomic E-state index is 11.8. The van der Waals surface area contributed by atoms with Crippen molar-refractivity contribution < 1.29 is 33.4 Å². The first-order chi connectivity index (χ1) is 23.3. The van der Waals surface area contributed by atoms with E-state index in [1.165, 1.54) is 122 Å². The van der Waals surface area contributed by atoms with E-state index in [1.807, 2.05) is 0 Å². The highest BCUT2D eigenvalue weighted by molar-refractivity contribution is 5.86. The third-order valence-electron chi connectivity index (χ3n) is 8.33. The van der Waals surface area contributed by atoms with Crippen molar-refractivity contribution in [2.45, 2.75) is 207 Å². The van der Waals surface area contributed by atoms with Gasteiger partial charge in [0.2, 0.25) is 0 Å². The summed E-state index contributed by atoms with van der Waals surface area (Å²) in [7, 11) is 0. The Kier molecular flexibility index (Phi) is 39.1. The number of carbonyl (C=O) groups is 4. The molecule has 0 amide bonds. The highest BCUT2D eigenvalue weighted by Crippen LogP contribution is 2.12. The molecule has 1 atom stereocenters. The predicted molar refractivity (Wildman–Crippen MR) is 197 cm³/mol. The van der Waals surface area contributed by atoms with Crippen molar-refractivity contribution in [2.24, 2.45) is 5.73 Å². The van der Waals surface area contributed by atoms with Gasteiger partial charge in [0.1, 0.15) is 6.04 Å². The fourth-order valence-electron chi connectivity index (χ4n) is 5.18. The van der Waals surface area contributed by atoms with Crippen molar-refractivity contribution in [2.75, 3.05) is 13.2 Å². The summed E-state index contributed by atoms with van der Waals surface area (Å²) in [5.74, 6) is -1.92. The quantitative estimate of drug-likeness (QED) is 0.0239. The molecule has 0 saturated carbocycles. The number of carbonyl (C=O) groups excluding carboxylic acids is 4. The van der Waals surface area contributed by atoms with E-state index in [1.54, 1.807) is 0 Å². The second-order valence-electron chi connectivity index (χ2n) is 13.1. The molecular formula is C40H75NO7. The van der Waals surface area contributed by atoms with E-state index in [0.717, 1.165) is 44.9 Å². The Morgan fingerprint density at radius 2 is 0.875 bits per heavy atom. The van der Waals surface area contributed by atoms with Crippen LogP contribution >= 0.6 is 0 Å². The van der Waals surface area contributed by atoms with Crippen LogP contribution in [0.1, 0.15) is 201 Å². The molecule has 0 rings (SSSR count). The maximum Gasteiger partial charge on any atom is 0.330 e. The van der Waals surface area contributed by atoms with Crippen LogP contribution in [0.2, 0.25) is 0 Å². The highest BCUT2D eigenvalue weighted by atomic mass is 16.6. The van der Waals surface area contributed by atoms with E-state index in [4.69, 9.17) is 19.9 Å². The van der Waals surface area contributed by atoms with Gasteiger partial charge in [0, 0.05) is 18.9 Å². The van der Waals surface area contributed by atoms with E-state index in [-0.39, 0.29) is 25.2 Å². The normalized spacial score (nSPS) is 11.2. The van der Waals surface area contributed by atoms with Crippen molar-refractivity contribution in [1.82, 2.24) is 0 Å². The Morgan fingerprint density at radius 1 is 0.521 bits per heavy atom. The molecule has 0 aromatic carbocycles. The Morgan fingerprint density at radius 3 is 1.29 bits per heavy atom.